The predicted octanol–water partition coefficient (Wildman–Crippen LogP) is -2.52. The van der Waals surface area contributed by atoms with Crippen molar-refractivity contribution in [2.75, 3.05) is 13.2 Å². The molecule has 2 saturated heterocycles. The maximum atomic E-state index is 13.1. The Labute approximate surface area is 208 Å². The molecule has 9 atom stereocenters. The van der Waals surface area contributed by atoms with Crippen LogP contribution in [0.1, 0.15) is 46.5 Å². The van der Waals surface area contributed by atoms with E-state index >= 15 is 0 Å². The van der Waals surface area contributed by atoms with Gasteiger partial charge in [-0.15, -0.1) is 0 Å². The van der Waals surface area contributed by atoms with Crippen molar-refractivity contribution < 1.29 is 58.9 Å². The SMILES string of the molecule is CCOC(=O)[C@@H](NC(=O)[C@H]1C[C@@H](O)CN1C(=O)CCCC(=O)O)[C@@H](C)O[C@@H]1O[C@@H](C)[C@@H](O)C(O)C1O. The first kappa shape index (κ1) is 29.9. The van der Waals surface area contributed by atoms with E-state index in [9.17, 15) is 39.6 Å². The minimum atomic E-state index is -1.64. The zero-order valence-electron chi connectivity index (χ0n) is 20.5. The number of aliphatic carboxylic acids is 1. The van der Waals surface area contributed by atoms with Gasteiger partial charge >= 0.3 is 11.9 Å². The van der Waals surface area contributed by atoms with E-state index in [-0.39, 0.29) is 38.8 Å². The normalized spacial score (nSPS) is 32.0. The molecule has 2 heterocycles. The van der Waals surface area contributed by atoms with Crippen LogP contribution in [0.5, 0.6) is 0 Å². The van der Waals surface area contributed by atoms with Crippen LogP contribution in [0.3, 0.4) is 0 Å². The number of carboxylic acids is 1. The van der Waals surface area contributed by atoms with Crippen LogP contribution in [-0.4, -0.2) is 122 Å². The molecule has 0 aromatic heterocycles. The average Bonchev–Trinajstić information content (AvgIpc) is 3.21. The molecule has 0 aliphatic carbocycles. The number of aliphatic hydroxyl groups is 4. The van der Waals surface area contributed by atoms with Crippen molar-refractivity contribution in [2.24, 2.45) is 0 Å². The lowest BCUT2D eigenvalue weighted by atomic mass is 10.00. The minimum Gasteiger partial charge on any atom is -0.481 e. The number of carbonyl (C=O) groups is 4. The molecule has 14 heteroatoms. The van der Waals surface area contributed by atoms with Crippen LogP contribution in [0.2, 0.25) is 0 Å². The number of hydrogen-bond donors (Lipinski definition) is 6. The number of nitrogens with one attached hydrogen (secondary N) is 1. The summed E-state index contributed by atoms with van der Waals surface area (Å²) in [5.74, 6) is -3.20. The lowest BCUT2D eigenvalue weighted by Gasteiger charge is -2.40. The summed E-state index contributed by atoms with van der Waals surface area (Å²) >= 11 is 0. The summed E-state index contributed by atoms with van der Waals surface area (Å²) in [7, 11) is 0. The Balaban J connectivity index is 2.12. The number of rotatable bonds is 11. The molecule has 2 unspecified atom stereocenters. The third kappa shape index (κ3) is 7.57. The van der Waals surface area contributed by atoms with Gasteiger partial charge in [-0.25, -0.2) is 4.79 Å². The number of nitrogens with zero attached hydrogens (tertiary/aromatic N) is 1. The number of carbonyl (C=O) groups excluding carboxylic acids is 3. The summed E-state index contributed by atoms with van der Waals surface area (Å²) in [4.78, 5) is 50.1. The van der Waals surface area contributed by atoms with E-state index in [4.69, 9.17) is 19.3 Å². The fourth-order valence-electron chi connectivity index (χ4n) is 4.14. The van der Waals surface area contributed by atoms with Crippen LogP contribution in [0.4, 0.5) is 0 Å². The molecular weight excluding hydrogens is 484 g/mol. The van der Waals surface area contributed by atoms with E-state index in [0.29, 0.717) is 0 Å². The molecule has 2 aliphatic heterocycles. The predicted molar refractivity (Wildman–Crippen MR) is 119 cm³/mol. The average molecular weight is 521 g/mol. The number of carboxylic acid groups (broad SMARTS) is 1. The van der Waals surface area contributed by atoms with E-state index in [1.165, 1.54) is 13.8 Å². The third-order valence-corrected chi connectivity index (χ3v) is 6.15. The van der Waals surface area contributed by atoms with Gasteiger partial charge in [-0.2, -0.15) is 0 Å². The Morgan fingerprint density at radius 2 is 1.75 bits per heavy atom. The van der Waals surface area contributed by atoms with Crippen molar-refractivity contribution in [3.8, 4) is 0 Å². The fourth-order valence-corrected chi connectivity index (χ4v) is 4.14. The van der Waals surface area contributed by atoms with Gasteiger partial charge in [0.2, 0.25) is 11.8 Å². The molecule has 36 heavy (non-hydrogen) atoms. The van der Waals surface area contributed by atoms with Crippen molar-refractivity contribution in [1.82, 2.24) is 10.2 Å². The van der Waals surface area contributed by atoms with Gasteiger partial charge in [-0.3, -0.25) is 14.4 Å². The molecule has 0 aromatic rings. The van der Waals surface area contributed by atoms with E-state index in [0.717, 1.165) is 4.90 Å². The van der Waals surface area contributed by atoms with Crippen LogP contribution in [0, 0.1) is 0 Å². The Bertz CT molecular complexity index is 795. The molecule has 2 amide bonds. The van der Waals surface area contributed by atoms with Crippen LogP contribution in [-0.2, 0) is 33.4 Å². The zero-order valence-corrected chi connectivity index (χ0v) is 20.5. The molecule has 2 fully saturated rings. The van der Waals surface area contributed by atoms with Crippen molar-refractivity contribution >= 4 is 23.8 Å². The van der Waals surface area contributed by atoms with Crippen LogP contribution in [0.15, 0.2) is 0 Å². The van der Waals surface area contributed by atoms with Gasteiger partial charge in [0, 0.05) is 25.8 Å². The summed E-state index contributed by atoms with van der Waals surface area (Å²) in [6.07, 6.45) is -9.40. The van der Waals surface area contributed by atoms with Crippen molar-refractivity contribution in [3.05, 3.63) is 0 Å². The topological polar surface area (TPSA) is 212 Å². The summed E-state index contributed by atoms with van der Waals surface area (Å²) in [5.41, 5.74) is 0. The highest BCUT2D eigenvalue weighted by Gasteiger charge is 2.45. The van der Waals surface area contributed by atoms with Crippen molar-refractivity contribution in [1.29, 1.82) is 0 Å². The highest BCUT2D eigenvalue weighted by atomic mass is 16.7. The molecule has 6 N–H and O–H groups in total. The Morgan fingerprint density at radius 3 is 2.36 bits per heavy atom. The second-order valence-electron chi connectivity index (χ2n) is 8.96. The summed E-state index contributed by atoms with van der Waals surface area (Å²) < 4.78 is 16.0. The molecule has 0 spiro atoms. The number of ether oxygens (including phenoxy) is 3. The number of β-amino-alcohol motifs (C(OH)–C–C–N with tert-alkyl or cyclic N) is 1. The van der Waals surface area contributed by atoms with Gasteiger partial charge in [0.25, 0.3) is 0 Å². The first-order valence-electron chi connectivity index (χ1n) is 11.9. The van der Waals surface area contributed by atoms with Crippen molar-refractivity contribution in [2.45, 2.75) is 101 Å². The second-order valence-corrected chi connectivity index (χ2v) is 8.96. The quantitative estimate of drug-likeness (QED) is 0.156. The van der Waals surface area contributed by atoms with Crippen LogP contribution < -0.4 is 5.32 Å². The Hall–Kier alpha value is -2.36. The van der Waals surface area contributed by atoms with Gasteiger partial charge in [0.15, 0.2) is 12.3 Å². The highest BCUT2D eigenvalue weighted by Crippen LogP contribution is 2.24. The lowest BCUT2D eigenvalue weighted by Crippen LogP contribution is -2.60. The van der Waals surface area contributed by atoms with Crippen molar-refractivity contribution in [3.63, 3.8) is 0 Å². The second kappa shape index (κ2) is 13.3. The van der Waals surface area contributed by atoms with E-state index in [1.807, 2.05) is 0 Å². The van der Waals surface area contributed by atoms with Gasteiger partial charge in [0.1, 0.15) is 24.4 Å². The molecule has 14 nitrogen and oxygen atoms in total. The number of esters is 1. The largest absolute Gasteiger partial charge is 0.481 e. The Kier molecular flexibility index (Phi) is 11.0. The number of hydrogen-bond acceptors (Lipinski definition) is 11. The summed E-state index contributed by atoms with van der Waals surface area (Å²) in [5, 5.41) is 51.4. The van der Waals surface area contributed by atoms with Gasteiger partial charge in [-0.05, 0) is 27.2 Å². The third-order valence-electron chi connectivity index (χ3n) is 6.15. The minimum absolute atomic E-state index is 0.0151. The first-order chi connectivity index (χ1) is 16.9. The maximum absolute atomic E-state index is 13.1. The molecule has 0 radical (unpaired) electrons. The Morgan fingerprint density at radius 1 is 1.08 bits per heavy atom. The zero-order chi connectivity index (χ0) is 27.2. The molecule has 0 saturated carbocycles. The molecule has 0 bridgehead atoms. The van der Waals surface area contributed by atoms with Crippen LogP contribution in [0.25, 0.3) is 0 Å². The smallest absolute Gasteiger partial charge is 0.331 e. The van der Waals surface area contributed by atoms with Gasteiger partial charge in [-0.1, -0.05) is 0 Å². The highest BCUT2D eigenvalue weighted by molar-refractivity contribution is 5.91. The summed E-state index contributed by atoms with van der Waals surface area (Å²) in [6, 6.07) is -2.52. The lowest BCUT2D eigenvalue weighted by molar-refractivity contribution is -0.304. The van der Waals surface area contributed by atoms with Gasteiger partial charge < -0.3 is 50.0 Å². The van der Waals surface area contributed by atoms with E-state index in [2.05, 4.69) is 5.32 Å². The first-order valence-corrected chi connectivity index (χ1v) is 11.9. The number of amides is 2. The molecule has 2 aliphatic rings. The maximum Gasteiger partial charge on any atom is 0.331 e. The van der Waals surface area contributed by atoms with Crippen LogP contribution >= 0.6 is 0 Å². The van der Waals surface area contributed by atoms with E-state index < -0.39 is 78.8 Å². The number of likely N-dealkylation sites (tertiary alicyclic amines) is 1. The van der Waals surface area contributed by atoms with Gasteiger partial charge in [0.05, 0.1) is 24.9 Å². The molecule has 0 aromatic carbocycles. The molecule has 206 valence electrons. The standard InChI is InChI=1S/C22H36N2O12/c1-4-34-21(33)16(10(2)35-22-19(31)18(30)17(29)11(3)36-22)23-20(32)13-8-12(25)9-24(13)14(26)6-5-7-15(27)28/h10-13,16-19,22,25,29-31H,4-9H2,1-3H3,(H,23,32)(H,27,28)/t10-,11+,12-,13-,16+,17-,18?,19?,22-/m1/s1. The molecular formula is C22H36N2O12. The van der Waals surface area contributed by atoms with E-state index in [1.54, 1.807) is 6.92 Å². The molecule has 2 rings (SSSR count). The number of aliphatic hydroxyl groups excluding tert-OH is 4. The summed E-state index contributed by atoms with van der Waals surface area (Å²) in [6.45, 7) is 4.27. The monoisotopic (exact) mass is 520 g/mol. The fraction of sp³-hybridized carbons (Fsp3) is 0.818.